The second-order valence-corrected chi connectivity index (χ2v) is 6.43. The van der Waals surface area contributed by atoms with Gasteiger partial charge < -0.3 is 14.8 Å². The predicted octanol–water partition coefficient (Wildman–Crippen LogP) is -0.329. The van der Waals surface area contributed by atoms with E-state index < -0.39 is 40.1 Å². The zero-order valence-corrected chi connectivity index (χ0v) is 9.45. The van der Waals surface area contributed by atoms with Crippen LogP contribution >= 0.6 is 0 Å². The van der Waals surface area contributed by atoms with Crippen LogP contribution < -0.4 is 0 Å². The zero-order valence-electron chi connectivity index (χ0n) is 8.63. The maximum atomic E-state index is 11.8. The number of nitrogens with zero attached hydrogens (tertiary/aromatic N) is 1. The van der Waals surface area contributed by atoms with Crippen molar-refractivity contribution >= 4 is 23.3 Å². The number of aliphatic carboxylic acids is 2. The Morgan fingerprint density at radius 3 is 1.73 bits per heavy atom. The van der Waals surface area contributed by atoms with E-state index in [9.17, 15) is 14.1 Å². The van der Waals surface area contributed by atoms with E-state index in [4.69, 9.17) is 10.2 Å². The zero-order chi connectivity index (χ0) is 12.0. The second-order valence-electron chi connectivity index (χ2n) is 4.29. The normalized spacial score (nSPS) is 32.1. The quantitative estimate of drug-likeness (QED) is 0.513. The molecule has 0 aromatic heterocycles. The third-order valence-corrected chi connectivity index (χ3v) is 3.86. The fraction of sp³-hybridized carbons (Fsp3) is 0.750. The molecule has 1 rings (SSSR count). The van der Waals surface area contributed by atoms with Crippen molar-refractivity contribution in [3.05, 3.63) is 0 Å². The maximum absolute atomic E-state index is 11.8. The van der Waals surface area contributed by atoms with E-state index in [0.717, 1.165) is 4.31 Å². The number of hydrogen-bond acceptors (Lipinski definition) is 4. The second kappa shape index (κ2) is 3.66. The van der Waals surface area contributed by atoms with Gasteiger partial charge in [-0.3, -0.25) is 9.59 Å². The van der Waals surface area contributed by atoms with E-state index >= 15 is 0 Å². The lowest BCUT2D eigenvalue weighted by molar-refractivity contribution is -0.140. The molecule has 15 heavy (non-hydrogen) atoms. The highest BCUT2D eigenvalue weighted by atomic mass is 32.2. The van der Waals surface area contributed by atoms with Crippen molar-refractivity contribution in [1.82, 2.24) is 4.31 Å². The van der Waals surface area contributed by atoms with E-state index in [-0.39, 0.29) is 0 Å². The van der Waals surface area contributed by atoms with Gasteiger partial charge in [-0.05, 0) is 20.8 Å². The highest BCUT2D eigenvalue weighted by Crippen LogP contribution is 2.37. The Bertz CT molecular complexity index is 280. The Balaban J connectivity index is 2.80. The van der Waals surface area contributed by atoms with Crippen molar-refractivity contribution in [3.63, 3.8) is 0 Å². The average Bonchev–Trinajstić information content (AvgIpc) is 2.74. The molecule has 86 valence electrons. The van der Waals surface area contributed by atoms with Gasteiger partial charge in [-0.2, -0.15) is 0 Å². The molecule has 0 aromatic rings. The number of hydrogen-bond donors (Lipinski definition) is 2. The van der Waals surface area contributed by atoms with Crippen LogP contribution in [-0.4, -0.2) is 47.8 Å². The van der Waals surface area contributed by atoms with Crippen molar-refractivity contribution in [3.8, 4) is 0 Å². The molecule has 0 radical (unpaired) electrons. The van der Waals surface area contributed by atoms with Crippen LogP contribution in [0.5, 0.6) is 0 Å². The van der Waals surface area contributed by atoms with Gasteiger partial charge in [0, 0.05) is 11.4 Å². The number of carboxylic acid groups (broad SMARTS) is 2. The largest absolute Gasteiger partial charge is 0.597 e. The van der Waals surface area contributed by atoms with E-state index in [2.05, 4.69) is 0 Å². The highest BCUT2D eigenvalue weighted by Gasteiger charge is 2.67. The first-order valence-electron chi connectivity index (χ1n) is 4.34. The van der Waals surface area contributed by atoms with Crippen molar-refractivity contribution in [2.45, 2.75) is 37.6 Å². The molecule has 0 spiro atoms. The molecule has 1 aliphatic rings. The fourth-order valence-corrected chi connectivity index (χ4v) is 2.62. The van der Waals surface area contributed by atoms with Gasteiger partial charge in [-0.1, -0.05) is 4.31 Å². The highest BCUT2D eigenvalue weighted by molar-refractivity contribution is 7.90. The first kappa shape index (κ1) is 12.3. The summed E-state index contributed by atoms with van der Waals surface area (Å²) in [6.07, 6.45) is 0. The van der Waals surface area contributed by atoms with Crippen molar-refractivity contribution in [2.75, 3.05) is 0 Å². The summed E-state index contributed by atoms with van der Waals surface area (Å²) in [5, 5.41) is 17.4. The first-order chi connectivity index (χ1) is 6.68. The summed E-state index contributed by atoms with van der Waals surface area (Å²) in [7, 11) is 0. The first-order valence-corrected chi connectivity index (χ1v) is 5.44. The predicted molar refractivity (Wildman–Crippen MR) is 52.6 cm³/mol. The molecular formula is C8H13NO5S. The van der Waals surface area contributed by atoms with Gasteiger partial charge in [-0.15, -0.1) is 0 Å². The standard InChI is InChI=1S/C8H13NO5S/c1-8(2,3)15(14)9-4(6(10)11)5(9)7(12)13/h4-5H,1-3H3,(H,10,11)(H,12,13)/t4-,5?,9?,15?/m0/s1. The Kier molecular flexibility index (Phi) is 2.99. The molecule has 6 nitrogen and oxygen atoms in total. The minimum absolute atomic E-state index is 0.655. The molecule has 3 unspecified atom stereocenters. The molecule has 1 saturated heterocycles. The molecular weight excluding hydrogens is 222 g/mol. The van der Waals surface area contributed by atoms with Gasteiger partial charge in [-0.25, -0.2) is 0 Å². The van der Waals surface area contributed by atoms with Gasteiger partial charge in [0.15, 0.2) is 12.1 Å². The van der Waals surface area contributed by atoms with Crippen LogP contribution in [0.4, 0.5) is 0 Å². The van der Waals surface area contributed by atoms with Gasteiger partial charge in [0.25, 0.3) is 0 Å². The number of carboxylic acids is 2. The van der Waals surface area contributed by atoms with Crippen LogP contribution in [0.3, 0.4) is 0 Å². The Hall–Kier alpha value is -0.790. The lowest BCUT2D eigenvalue weighted by Gasteiger charge is -2.23. The Morgan fingerprint density at radius 1 is 1.20 bits per heavy atom. The van der Waals surface area contributed by atoms with Crippen molar-refractivity contribution in [2.24, 2.45) is 0 Å². The molecule has 2 N–H and O–H groups in total. The average molecular weight is 235 g/mol. The summed E-state index contributed by atoms with van der Waals surface area (Å²) in [6, 6.07) is -2.33. The van der Waals surface area contributed by atoms with Crippen molar-refractivity contribution in [1.29, 1.82) is 0 Å². The molecule has 0 aromatic carbocycles. The van der Waals surface area contributed by atoms with E-state index in [1.807, 2.05) is 0 Å². The van der Waals surface area contributed by atoms with Crippen LogP contribution in [0.25, 0.3) is 0 Å². The Labute approximate surface area is 90.2 Å². The van der Waals surface area contributed by atoms with Gasteiger partial charge in [0.05, 0.1) is 0 Å². The van der Waals surface area contributed by atoms with Crippen LogP contribution in [0, 0.1) is 0 Å². The Morgan fingerprint density at radius 2 is 1.53 bits per heavy atom. The van der Waals surface area contributed by atoms with Gasteiger partial charge in [0.2, 0.25) is 0 Å². The minimum Gasteiger partial charge on any atom is -0.597 e. The van der Waals surface area contributed by atoms with Crippen LogP contribution in [0.1, 0.15) is 20.8 Å². The SMILES string of the molecule is CC(C)(C)[S+]([O-])N1C(C(=O)O)[C@H]1C(=O)O. The van der Waals surface area contributed by atoms with Gasteiger partial charge in [0.1, 0.15) is 4.75 Å². The molecule has 0 amide bonds. The molecule has 7 heteroatoms. The van der Waals surface area contributed by atoms with Crippen LogP contribution in [0.15, 0.2) is 0 Å². The van der Waals surface area contributed by atoms with E-state index in [1.165, 1.54) is 0 Å². The van der Waals surface area contributed by atoms with Crippen LogP contribution in [0.2, 0.25) is 0 Å². The number of rotatable bonds is 3. The lowest BCUT2D eigenvalue weighted by atomic mass is 10.3. The summed E-state index contributed by atoms with van der Waals surface area (Å²) >= 11 is -1.61. The molecule has 1 fully saturated rings. The van der Waals surface area contributed by atoms with E-state index in [1.54, 1.807) is 20.8 Å². The lowest BCUT2D eigenvalue weighted by Crippen LogP contribution is -2.36. The third-order valence-electron chi connectivity index (χ3n) is 1.98. The molecule has 1 aliphatic heterocycles. The van der Waals surface area contributed by atoms with Gasteiger partial charge >= 0.3 is 11.9 Å². The summed E-state index contributed by atoms with van der Waals surface area (Å²) in [5.74, 6) is -2.50. The summed E-state index contributed by atoms with van der Waals surface area (Å²) in [6.45, 7) is 5.00. The monoisotopic (exact) mass is 235 g/mol. The molecule has 0 bridgehead atoms. The summed E-state index contributed by atoms with van der Waals surface area (Å²) < 4.78 is 12.1. The smallest absolute Gasteiger partial charge is 0.328 e. The van der Waals surface area contributed by atoms with Crippen LogP contribution in [-0.2, 0) is 21.0 Å². The third kappa shape index (κ3) is 2.24. The molecule has 0 saturated carbocycles. The molecule has 4 atom stereocenters. The number of carbonyl (C=O) groups is 2. The maximum Gasteiger partial charge on any atom is 0.328 e. The summed E-state index contributed by atoms with van der Waals surface area (Å²) in [5.41, 5.74) is 0. The topological polar surface area (TPSA) is 101 Å². The molecule has 0 aliphatic carbocycles. The molecule has 1 heterocycles. The van der Waals surface area contributed by atoms with E-state index in [0.29, 0.717) is 0 Å². The summed E-state index contributed by atoms with van der Waals surface area (Å²) in [4.78, 5) is 21.4. The minimum atomic E-state index is -1.61. The fourth-order valence-electron chi connectivity index (χ4n) is 1.22. The van der Waals surface area contributed by atoms with Crippen molar-refractivity contribution < 1.29 is 24.4 Å².